The second-order valence-electron chi connectivity index (χ2n) is 4.67. The van der Waals surface area contributed by atoms with Gasteiger partial charge in [-0.15, -0.1) is 0 Å². The lowest BCUT2D eigenvalue weighted by Crippen LogP contribution is -2.35. The van der Waals surface area contributed by atoms with E-state index in [0.717, 1.165) is 31.9 Å². The molecule has 1 unspecified atom stereocenters. The molecule has 0 aromatic carbocycles. The second kappa shape index (κ2) is 8.18. The third kappa shape index (κ3) is 5.76. The minimum Gasteiger partial charge on any atom is -0.466 e. The average molecular weight is 298 g/mol. The summed E-state index contributed by atoms with van der Waals surface area (Å²) in [5.41, 5.74) is 0. The summed E-state index contributed by atoms with van der Waals surface area (Å²) in [6.07, 6.45) is 3.90. The van der Waals surface area contributed by atoms with E-state index in [4.69, 9.17) is 4.74 Å². The molecule has 0 spiro atoms. The summed E-state index contributed by atoms with van der Waals surface area (Å²) in [6, 6.07) is 0. The van der Waals surface area contributed by atoms with Crippen molar-refractivity contribution in [3.05, 3.63) is 12.2 Å². The molecule has 0 bridgehead atoms. The van der Waals surface area contributed by atoms with Crippen molar-refractivity contribution < 1.29 is 33.4 Å². The standard InChI is InChI=1S/C14H18O7/c1-9(15)20-14(18)13(10-5-3-4-6-10)21-12(17)8-7-11(16)19-2/h7-8,10,13H,3-6H2,1-2H3/b8-7-. The molecule has 0 aromatic heterocycles. The van der Waals surface area contributed by atoms with Gasteiger partial charge in [0, 0.05) is 25.0 Å². The van der Waals surface area contributed by atoms with Gasteiger partial charge in [-0.05, 0) is 12.8 Å². The normalized spacial score (nSPS) is 16.5. The molecule has 0 heterocycles. The minimum atomic E-state index is -1.13. The molecule has 0 radical (unpaired) electrons. The first kappa shape index (κ1) is 16.9. The van der Waals surface area contributed by atoms with Crippen LogP contribution in [0.4, 0.5) is 0 Å². The third-order valence-electron chi connectivity index (χ3n) is 3.10. The average Bonchev–Trinajstić information content (AvgIpc) is 2.94. The summed E-state index contributed by atoms with van der Waals surface area (Å²) in [4.78, 5) is 45.2. The number of carbonyl (C=O) groups is 4. The van der Waals surface area contributed by atoms with E-state index in [-0.39, 0.29) is 5.92 Å². The van der Waals surface area contributed by atoms with Crippen molar-refractivity contribution in [1.82, 2.24) is 0 Å². The minimum absolute atomic E-state index is 0.174. The van der Waals surface area contributed by atoms with Gasteiger partial charge in [-0.2, -0.15) is 0 Å². The zero-order valence-electron chi connectivity index (χ0n) is 12.0. The van der Waals surface area contributed by atoms with E-state index in [1.165, 1.54) is 7.11 Å². The van der Waals surface area contributed by atoms with Crippen LogP contribution in [0.5, 0.6) is 0 Å². The van der Waals surface area contributed by atoms with Crippen LogP contribution in [0.15, 0.2) is 12.2 Å². The number of hydrogen-bond acceptors (Lipinski definition) is 7. The Morgan fingerprint density at radius 2 is 1.62 bits per heavy atom. The van der Waals surface area contributed by atoms with Crippen molar-refractivity contribution in [2.45, 2.75) is 38.7 Å². The van der Waals surface area contributed by atoms with E-state index < -0.39 is 30.0 Å². The van der Waals surface area contributed by atoms with Crippen molar-refractivity contribution in [3.63, 3.8) is 0 Å². The highest BCUT2D eigenvalue weighted by Crippen LogP contribution is 2.30. The first-order valence-electron chi connectivity index (χ1n) is 6.63. The van der Waals surface area contributed by atoms with Gasteiger partial charge in [0.15, 0.2) is 0 Å². The Balaban J connectivity index is 2.70. The maximum atomic E-state index is 11.8. The van der Waals surface area contributed by atoms with E-state index in [1.54, 1.807) is 0 Å². The number of methoxy groups -OCH3 is 1. The lowest BCUT2D eigenvalue weighted by atomic mass is 10.0. The van der Waals surface area contributed by atoms with Gasteiger partial charge in [0.2, 0.25) is 6.10 Å². The first-order valence-corrected chi connectivity index (χ1v) is 6.63. The monoisotopic (exact) mass is 298 g/mol. The van der Waals surface area contributed by atoms with E-state index >= 15 is 0 Å². The molecule has 1 aliphatic rings. The van der Waals surface area contributed by atoms with Gasteiger partial charge in [0.05, 0.1) is 7.11 Å². The molecule has 1 aliphatic carbocycles. The maximum absolute atomic E-state index is 11.8. The van der Waals surface area contributed by atoms with Crippen LogP contribution in [0.3, 0.4) is 0 Å². The molecule has 21 heavy (non-hydrogen) atoms. The summed E-state index contributed by atoms with van der Waals surface area (Å²) in [6.45, 7) is 1.10. The van der Waals surface area contributed by atoms with Crippen molar-refractivity contribution in [1.29, 1.82) is 0 Å². The van der Waals surface area contributed by atoms with Gasteiger partial charge in [0.25, 0.3) is 0 Å². The van der Waals surface area contributed by atoms with Crippen LogP contribution in [0.2, 0.25) is 0 Å². The van der Waals surface area contributed by atoms with Gasteiger partial charge >= 0.3 is 23.9 Å². The SMILES string of the molecule is COC(=O)/C=C\C(=O)OC(C(=O)OC(C)=O)C1CCCC1. The Kier molecular flexibility index (Phi) is 6.58. The fourth-order valence-electron chi connectivity index (χ4n) is 2.17. The number of hydrogen-bond donors (Lipinski definition) is 0. The van der Waals surface area contributed by atoms with E-state index in [1.807, 2.05) is 0 Å². The molecule has 7 heteroatoms. The fraction of sp³-hybridized carbons (Fsp3) is 0.571. The summed E-state index contributed by atoms with van der Waals surface area (Å²) >= 11 is 0. The summed E-state index contributed by atoms with van der Waals surface area (Å²) in [7, 11) is 1.17. The van der Waals surface area contributed by atoms with E-state index in [0.29, 0.717) is 12.8 Å². The maximum Gasteiger partial charge on any atom is 0.355 e. The summed E-state index contributed by atoms with van der Waals surface area (Å²) in [5.74, 6) is -3.39. The van der Waals surface area contributed by atoms with Crippen LogP contribution in [-0.2, 0) is 33.4 Å². The molecule has 1 fully saturated rings. The lowest BCUT2D eigenvalue weighted by molar-refractivity contribution is -0.174. The van der Waals surface area contributed by atoms with Crippen molar-refractivity contribution in [3.8, 4) is 0 Å². The Morgan fingerprint density at radius 1 is 1.05 bits per heavy atom. The van der Waals surface area contributed by atoms with Crippen LogP contribution in [0.25, 0.3) is 0 Å². The largest absolute Gasteiger partial charge is 0.466 e. The van der Waals surface area contributed by atoms with Crippen LogP contribution < -0.4 is 0 Å². The highest BCUT2D eigenvalue weighted by molar-refractivity contribution is 5.93. The molecule has 0 N–H and O–H groups in total. The van der Waals surface area contributed by atoms with Gasteiger partial charge in [0.1, 0.15) is 0 Å². The molecular weight excluding hydrogens is 280 g/mol. The van der Waals surface area contributed by atoms with Crippen LogP contribution in [-0.4, -0.2) is 37.1 Å². The molecule has 116 valence electrons. The zero-order chi connectivity index (χ0) is 15.8. The van der Waals surface area contributed by atoms with Crippen LogP contribution in [0.1, 0.15) is 32.6 Å². The predicted molar refractivity (Wildman–Crippen MR) is 69.8 cm³/mol. The zero-order valence-corrected chi connectivity index (χ0v) is 12.0. The Bertz CT molecular complexity index is 446. The molecule has 0 saturated heterocycles. The lowest BCUT2D eigenvalue weighted by Gasteiger charge is -2.20. The molecule has 1 atom stereocenters. The predicted octanol–water partition coefficient (Wildman–Crippen LogP) is 0.907. The second-order valence-corrected chi connectivity index (χ2v) is 4.67. The third-order valence-corrected chi connectivity index (χ3v) is 3.10. The van der Waals surface area contributed by atoms with Gasteiger partial charge in [-0.25, -0.2) is 14.4 Å². The van der Waals surface area contributed by atoms with Crippen LogP contribution >= 0.6 is 0 Å². The smallest absolute Gasteiger partial charge is 0.355 e. The fourth-order valence-corrected chi connectivity index (χ4v) is 2.17. The number of rotatable bonds is 5. The van der Waals surface area contributed by atoms with E-state index in [2.05, 4.69) is 9.47 Å². The summed E-state index contributed by atoms with van der Waals surface area (Å²) < 4.78 is 13.9. The van der Waals surface area contributed by atoms with Gasteiger partial charge in [-0.3, -0.25) is 4.79 Å². The van der Waals surface area contributed by atoms with Gasteiger partial charge in [-0.1, -0.05) is 12.8 Å². The molecule has 0 aromatic rings. The number of ether oxygens (including phenoxy) is 3. The molecule has 1 rings (SSSR count). The van der Waals surface area contributed by atoms with Crippen molar-refractivity contribution in [2.75, 3.05) is 7.11 Å². The number of esters is 4. The highest BCUT2D eigenvalue weighted by Gasteiger charge is 2.35. The number of carbonyl (C=O) groups excluding carboxylic acids is 4. The topological polar surface area (TPSA) is 96.0 Å². The molecular formula is C14H18O7. The Labute approximate surface area is 122 Å². The van der Waals surface area contributed by atoms with Gasteiger partial charge < -0.3 is 14.2 Å². The summed E-state index contributed by atoms with van der Waals surface area (Å²) in [5, 5.41) is 0. The quantitative estimate of drug-likeness (QED) is 0.322. The highest BCUT2D eigenvalue weighted by atomic mass is 16.6. The Morgan fingerprint density at radius 3 is 2.14 bits per heavy atom. The molecule has 0 aliphatic heterocycles. The molecule has 1 saturated carbocycles. The van der Waals surface area contributed by atoms with E-state index in [9.17, 15) is 19.2 Å². The van der Waals surface area contributed by atoms with Crippen LogP contribution in [0, 0.1) is 5.92 Å². The van der Waals surface area contributed by atoms with Crippen molar-refractivity contribution >= 4 is 23.9 Å². The first-order chi connectivity index (χ1) is 9.93. The Hall–Kier alpha value is -2.18. The molecule has 7 nitrogen and oxygen atoms in total. The van der Waals surface area contributed by atoms with Crippen molar-refractivity contribution in [2.24, 2.45) is 5.92 Å². The molecule has 0 amide bonds.